The zero-order valence-corrected chi connectivity index (χ0v) is 11.6. The number of hydrogen-bond donors (Lipinski definition) is 2. The summed E-state index contributed by atoms with van der Waals surface area (Å²) in [6.07, 6.45) is 4.13. The average molecular weight is 282 g/mol. The molecule has 1 heterocycles. The van der Waals surface area contributed by atoms with E-state index >= 15 is 0 Å². The van der Waals surface area contributed by atoms with Gasteiger partial charge >= 0.3 is 0 Å². The van der Waals surface area contributed by atoms with Gasteiger partial charge in [-0.3, -0.25) is 0 Å². The third-order valence-electron chi connectivity index (χ3n) is 2.86. The molecule has 0 saturated carbocycles. The highest BCUT2D eigenvalue weighted by Crippen LogP contribution is 2.01. The summed E-state index contributed by atoms with van der Waals surface area (Å²) in [7, 11) is 0. The predicted molar refractivity (Wildman–Crippen MR) is 71.5 cm³/mol. The molecule has 0 aromatic carbocycles. The quantitative estimate of drug-likeness (QED) is 0.126. The SMILES string of the molecule is Cc1nonc1/C(C[NH2+]CCCCCCN=[N+]=[N-])=N/O. The Hall–Kier alpha value is -2.12. The van der Waals surface area contributed by atoms with Gasteiger partial charge in [-0.05, 0) is 36.9 Å². The minimum atomic E-state index is 0.465. The Bertz CT molecular complexity index is 465. The van der Waals surface area contributed by atoms with Gasteiger partial charge in [0.1, 0.15) is 12.2 Å². The predicted octanol–water partition coefficient (Wildman–Crippen LogP) is 0.990. The first-order valence-corrected chi connectivity index (χ1v) is 6.62. The van der Waals surface area contributed by atoms with Crippen LogP contribution in [0.5, 0.6) is 0 Å². The van der Waals surface area contributed by atoms with Gasteiger partial charge < -0.3 is 10.5 Å². The molecule has 0 aliphatic rings. The molecule has 0 bridgehead atoms. The Balaban J connectivity index is 2.11. The van der Waals surface area contributed by atoms with Gasteiger partial charge in [-0.1, -0.05) is 21.8 Å². The van der Waals surface area contributed by atoms with Gasteiger partial charge in [0.15, 0.2) is 11.4 Å². The van der Waals surface area contributed by atoms with Crippen molar-refractivity contribution in [2.75, 3.05) is 19.6 Å². The average Bonchev–Trinajstić information content (AvgIpc) is 2.87. The molecule has 0 spiro atoms. The molecule has 0 aliphatic carbocycles. The Morgan fingerprint density at radius 2 is 2.15 bits per heavy atom. The highest BCUT2D eigenvalue weighted by Gasteiger charge is 2.15. The van der Waals surface area contributed by atoms with Crippen molar-refractivity contribution in [3.05, 3.63) is 21.8 Å². The van der Waals surface area contributed by atoms with E-state index in [-0.39, 0.29) is 0 Å². The van der Waals surface area contributed by atoms with Gasteiger partial charge in [0.25, 0.3) is 0 Å². The van der Waals surface area contributed by atoms with Gasteiger partial charge in [-0.2, -0.15) is 0 Å². The summed E-state index contributed by atoms with van der Waals surface area (Å²) in [5.74, 6) is 0. The summed E-state index contributed by atoms with van der Waals surface area (Å²) >= 11 is 0. The van der Waals surface area contributed by atoms with Crippen LogP contribution in [0.2, 0.25) is 0 Å². The van der Waals surface area contributed by atoms with Crippen LogP contribution >= 0.6 is 0 Å². The number of aromatic nitrogens is 2. The van der Waals surface area contributed by atoms with E-state index in [2.05, 4.69) is 35.4 Å². The fraction of sp³-hybridized carbons (Fsp3) is 0.727. The topological polar surface area (TPSA) is 137 Å². The second kappa shape index (κ2) is 9.76. The van der Waals surface area contributed by atoms with Crippen molar-refractivity contribution in [1.82, 2.24) is 10.3 Å². The largest absolute Gasteiger partial charge is 0.410 e. The minimum absolute atomic E-state index is 0.465. The van der Waals surface area contributed by atoms with Crippen LogP contribution in [0.3, 0.4) is 0 Å². The maximum Gasteiger partial charge on any atom is 0.164 e. The van der Waals surface area contributed by atoms with Crippen LogP contribution in [-0.4, -0.2) is 40.9 Å². The lowest BCUT2D eigenvalue weighted by Gasteiger charge is -2.02. The summed E-state index contributed by atoms with van der Waals surface area (Å²) in [5.41, 5.74) is 9.70. The third-order valence-corrected chi connectivity index (χ3v) is 2.86. The Morgan fingerprint density at radius 1 is 1.35 bits per heavy atom. The van der Waals surface area contributed by atoms with Gasteiger partial charge in [0.05, 0.1) is 6.54 Å². The lowest BCUT2D eigenvalue weighted by molar-refractivity contribution is -0.641. The first-order valence-electron chi connectivity index (χ1n) is 6.62. The molecule has 1 aromatic heterocycles. The molecule has 0 fully saturated rings. The van der Waals surface area contributed by atoms with Gasteiger partial charge in [0.2, 0.25) is 0 Å². The van der Waals surface area contributed by atoms with Gasteiger partial charge in [-0.15, -0.1) is 0 Å². The van der Waals surface area contributed by atoms with E-state index in [1.165, 1.54) is 0 Å². The van der Waals surface area contributed by atoms with E-state index < -0.39 is 0 Å². The molecular formula is C11H20N7O2+. The van der Waals surface area contributed by atoms with E-state index in [1.807, 2.05) is 0 Å². The van der Waals surface area contributed by atoms with Crippen molar-refractivity contribution in [2.24, 2.45) is 10.3 Å². The van der Waals surface area contributed by atoms with Crippen LogP contribution in [0, 0.1) is 6.92 Å². The molecule has 0 amide bonds. The molecule has 0 atom stereocenters. The van der Waals surface area contributed by atoms with Crippen molar-refractivity contribution in [3.63, 3.8) is 0 Å². The molecule has 9 heteroatoms. The number of aryl methyl sites for hydroxylation is 1. The van der Waals surface area contributed by atoms with Crippen LogP contribution in [0.15, 0.2) is 14.9 Å². The first-order chi connectivity index (χ1) is 9.79. The number of azide groups is 1. The summed E-state index contributed by atoms with van der Waals surface area (Å²) < 4.78 is 4.58. The Kier molecular flexibility index (Phi) is 7.78. The zero-order chi connectivity index (χ0) is 14.6. The van der Waals surface area contributed by atoms with E-state index in [0.29, 0.717) is 30.2 Å². The first kappa shape index (κ1) is 15.9. The van der Waals surface area contributed by atoms with Crippen LogP contribution in [0.4, 0.5) is 0 Å². The highest BCUT2D eigenvalue weighted by atomic mass is 16.6. The molecule has 0 saturated heterocycles. The minimum Gasteiger partial charge on any atom is -0.410 e. The summed E-state index contributed by atoms with van der Waals surface area (Å²) in [4.78, 5) is 2.71. The number of quaternary nitrogens is 1. The maximum atomic E-state index is 8.96. The third kappa shape index (κ3) is 5.68. The number of rotatable bonds is 10. The Morgan fingerprint density at radius 3 is 2.80 bits per heavy atom. The maximum absolute atomic E-state index is 8.96. The molecule has 0 aliphatic heterocycles. The van der Waals surface area contributed by atoms with E-state index in [1.54, 1.807) is 6.92 Å². The zero-order valence-electron chi connectivity index (χ0n) is 11.6. The van der Waals surface area contributed by atoms with Crippen LogP contribution in [0.1, 0.15) is 37.1 Å². The van der Waals surface area contributed by atoms with Crippen molar-refractivity contribution >= 4 is 5.71 Å². The van der Waals surface area contributed by atoms with Crippen LogP contribution < -0.4 is 5.32 Å². The number of oxime groups is 1. The summed E-state index contributed by atoms with van der Waals surface area (Å²) in [6, 6.07) is 0. The number of unbranched alkanes of at least 4 members (excludes halogenated alkanes) is 3. The summed E-state index contributed by atoms with van der Waals surface area (Å²) in [6.45, 7) is 3.79. The lowest BCUT2D eigenvalue weighted by Crippen LogP contribution is -2.86. The molecule has 3 N–H and O–H groups in total. The standard InChI is InChI=1S/C11H19N7O2/c1-9-11(17-20-16-9)10(15-19)8-13-6-4-2-3-5-7-14-18-12/h13,19H,2-8H2,1H3/p+1/b15-10+. The number of hydrogen-bond acceptors (Lipinski definition) is 6. The highest BCUT2D eigenvalue weighted by molar-refractivity contribution is 5.99. The van der Waals surface area contributed by atoms with Crippen molar-refractivity contribution in [2.45, 2.75) is 32.6 Å². The lowest BCUT2D eigenvalue weighted by atomic mass is 10.2. The van der Waals surface area contributed by atoms with E-state index in [0.717, 1.165) is 32.2 Å². The van der Waals surface area contributed by atoms with Crippen LogP contribution in [0.25, 0.3) is 10.4 Å². The molecular weight excluding hydrogens is 262 g/mol. The molecule has 20 heavy (non-hydrogen) atoms. The van der Waals surface area contributed by atoms with E-state index in [9.17, 15) is 0 Å². The smallest absolute Gasteiger partial charge is 0.164 e. The number of nitrogens with two attached hydrogens (primary N) is 1. The Labute approximate surface area is 116 Å². The van der Waals surface area contributed by atoms with Gasteiger partial charge in [0, 0.05) is 11.5 Å². The normalized spacial score (nSPS) is 11.3. The molecule has 1 aromatic rings. The number of nitrogens with zero attached hydrogens (tertiary/aromatic N) is 6. The molecule has 0 radical (unpaired) electrons. The fourth-order valence-corrected chi connectivity index (χ4v) is 1.79. The summed E-state index contributed by atoms with van der Waals surface area (Å²) in [5, 5.41) is 25.1. The van der Waals surface area contributed by atoms with Gasteiger partial charge in [-0.25, -0.2) is 4.63 Å². The van der Waals surface area contributed by atoms with Crippen LogP contribution in [-0.2, 0) is 0 Å². The van der Waals surface area contributed by atoms with Crippen molar-refractivity contribution in [1.29, 1.82) is 0 Å². The fourth-order valence-electron chi connectivity index (χ4n) is 1.79. The van der Waals surface area contributed by atoms with Crippen molar-refractivity contribution in [3.8, 4) is 0 Å². The van der Waals surface area contributed by atoms with Crippen molar-refractivity contribution < 1.29 is 15.2 Å². The molecule has 1 rings (SSSR count). The van der Waals surface area contributed by atoms with E-state index in [4.69, 9.17) is 10.7 Å². The second-order valence-electron chi connectivity index (χ2n) is 4.40. The second-order valence-corrected chi connectivity index (χ2v) is 4.40. The monoisotopic (exact) mass is 282 g/mol. The molecule has 9 nitrogen and oxygen atoms in total. The molecule has 0 unspecified atom stereocenters. The molecule has 110 valence electrons.